The van der Waals surface area contributed by atoms with Gasteiger partial charge in [-0.2, -0.15) is 0 Å². The molecule has 0 heterocycles. The molecule has 0 radical (unpaired) electrons. The van der Waals surface area contributed by atoms with Gasteiger partial charge in [-0.1, -0.05) is 12.1 Å². The SMILES string of the molecule is CC(=O)C(=O)OC(=O)[C@@H](N)Cc1ccc(O)cc1. The molecule has 0 aliphatic carbocycles. The Bertz CT molecular complexity index is 466. The number of hydrogen-bond donors (Lipinski definition) is 2. The molecule has 0 aliphatic heterocycles. The number of carbonyl (C=O) groups excluding carboxylic acids is 3. The van der Waals surface area contributed by atoms with Gasteiger partial charge < -0.3 is 15.6 Å². The van der Waals surface area contributed by atoms with Gasteiger partial charge in [0, 0.05) is 6.92 Å². The molecule has 0 unspecified atom stereocenters. The van der Waals surface area contributed by atoms with Gasteiger partial charge in [0.15, 0.2) is 0 Å². The number of phenols is 1. The lowest BCUT2D eigenvalue weighted by molar-refractivity contribution is -0.164. The van der Waals surface area contributed by atoms with Crippen molar-refractivity contribution in [1.82, 2.24) is 0 Å². The Balaban J connectivity index is 2.57. The number of Topliss-reactive ketones (excluding diaryl/α,β-unsaturated/α-hetero) is 1. The number of aromatic hydroxyl groups is 1. The Hall–Kier alpha value is -2.21. The monoisotopic (exact) mass is 251 g/mol. The number of rotatable bonds is 4. The van der Waals surface area contributed by atoms with E-state index < -0.39 is 23.8 Å². The number of carbonyl (C=O) groups is 3. The minimum atomic E-state index is -1.22. The average Bonchev–Trinajstić information content (AvgIpc) is 2.31. The highest BCUT2D eigenvalue weighted by molar-refractivity contribution is 6.34. The number of ketones is 1. The van der Waals surface area contributed by atoms with E-state index in [2.05, 4.69) is 4.74 Å². The van der Waals surface area contributed by atoms with Gasteiger partial charge in [0.1, 0.15) is 11.8 Å². The zero-order chi connectivity index (χ0) is 13.7. The minimum absolute atomic E-state index is 0.0988. The van der Waals surface area contributed by atoms with Crippen LogP contribution in [0.2, 0.25) is 0 Å². The van der Waals surface area contributed by atoms with E-state index in [1.165, 1.54) is 12.1 Å². The van der Waals surface area contributed by atoms with Crippen molar-refractivity contribution in [3.05, 3.63) is 29.8 Å². The molecule has 1 atom stereocenters. The molecule has 0 spiro atoms. The van der Waals surface area contributed by atoms with Gasteiger partial charge in [0.2, 0.25) is 5.78 Å². The van der Waals surface area contributed by atoms with Gasteiger partial charge in [-0.05, 0) is 24.1 Å². The van der Waals surface area contributed by atoms with Crippen molar-refractivity contribution in [2.24, 2.45) is 5.73 Å². The second-order valence-corrected chi connectivity index (χ2v) is 3.74. The maximum Gasteiger partial charge on any atom is 0.381 e. The zero-order valence-electron chi connectivity index (χ0n) is 9.75. The Labute approximate surface area is 103 Å². The van der Waals surface area contributed by atoms with Crippen molar-refractivity contribution < 1.29 is 24.2 Å². The van der Waals surface area contributed by atoms with Crippen LogP contribution in [0.25, 0.3) is 0 Å². The molecule has 0 amide bonds. The second kappa shape index (κ2) is 5.92. The molecule has 0 saturated heterocycles. The first-order chi connectivity index (χ1) is 8.40. The van der Waals surface area contributed by atoms with E-state index >= 15 is 0 Å². The number of nitrogens with two attached hydrogens (primary N) is 1. The molecule has 18 heavy (non-hydrogen) atoms. The third kappa shape index (κ3) is 3.99. The first-order valence-corrected chi connectivity index (χ1v) is 5.20. The zero-order valence-corrected chi connectivity index (χ0v) is 9.75. The highest BCUT2D eigenvalue weighted by Gasteiger charge is 2.21. The Morgan fingerprint density at radius 3 is 2.33 bits per heavy atom. The molecule has 6 heteroatoms. The molecule has 3 N–H and O–H groups in total. The summed E-state index contributed by atoms with van der Waals surface area (Å²) in [5.74, 6) is -2.94. The second-order valence-electron chi connectivity index (χ2n) is 3.74. The van der Waals surface area contributed by atoms with E-state index in [9.17, 15) is 14.4 Å². The smallest absolute Gasteiger partial charge is 0.381 e. The minimum Gasteiger partial charge on any atom is -0.508 e. The lowest BCUT2D eigenvalue weighted by Crippen LogP contribution is -2.36. The number of esters is 2. The van der Waals surface area contributed by atoms with Crippen molar-refractivity contribution in [3.8, 4) is 5.75 Å². The molecule has 0 bridgehead atoms. The van der Waals surface area contributed by atoms with E-state index in [-0.39, 0.29) is 12.2 Å². The highest BCUT2D eigenvalue weighted by atomic mass is 16.6. The van der Waals surface area contributed by atoms with Gasteiger partial charge in [-0.3, -0.25) is 4.79 Å². The van der Waals surface area contributed by atoms with Gasteiger partial charge >= 0.3 is 11.9 Å². The molecule has 0 aromatic heterocycles. The van der Waals surface area contributed by atoms with E-state index in [1.807, 2.05) is 0 Å². The largest absolute Gasteiger partial charge is 0.508 e. The summed E-state index contributed by atoms with van der Waals surface area (Å²) < 4.78 is 4.27. The van der Waals surface area contributed by atoms with Gasteiger partial charge in [0.05, 0.1) is 0 Å². The number of ether oxygens (including phenoxy) is 1. The maximum absolute atomic E-state index is 11.4. The molecule has 0 aliphatic rings. The first-order valence-electron chi connectivity index (χ1n) is 5.20. The summed E-state index contributed by atoms with van der Waals surface area (Å²) in [4.78, 5) is 32.8. The van der Waals surface area contributed by atoms with Crippen molar-refractivity contribution in [2.45, 2.75) is 19.4 Å². The summed E-state index contributed by atoms with van der Waals surface area (Å²) in [6.45, 7) is 1.00. The number of hydrogen-bond acceptors (Lipinski definition) is 6. The maximum atomic E-state index is 11.4. The van der Waals surface area contributed by atoms with Crippen LogP contribution in [0.15, 0.2) is 24.3 Å². The predicted octanol–water partition coefficient (Wildman–Crippen LogP) is -0.0792. The summed E-state index contributed by atoms with van der Waals surface area (Å²) in [5, 5.41) is 9.07. The number of benzene rings is 1. The van der Waals surface area contributed by atoms with Crippen LogP contribution in [0.1, 0.15) is 12.5 Å². The van der Waals surface area contributed by atoms with E-state index in [1.54, 1.807) is 12.1 Å². The molecular weight excluding hydrogens is 238 g/mol. The van der Waals surface area contributed by atoms with Crippen molar-refractivity contribution in [3.63, 3.8) is 0 Å². The quantitative estimate of drug-likeness (QED) is 0.440. The lowest BCUT2D eigenvalue weighted by Gasteiger charge is -2.09. The van der Waals surface area contributed by atoms with E-state index in [0.29, 0.717) is 5.56 Å². The molecule has 6 nitrogen and oxygen atoms in total. The average molecular weight is 251 g/mol. The van der Waals surface area contributed by atoms with Gasteiger partial charge in [-0.15, -0.1) is 0 Å². The van der Waals surface area contributed by atoms with E-state index in [4.69, 9.17) is 10.8 Å². The fourth-order valence-electron chi connectivity index (χ4n) is 1.21. The van der Waals surface area contributed by atoms with Crippen LogP contribution in [0.5, 0.6) is 5.75 Å². The van der Waals surface area contributed by atoms with Crippen LogP contribution in [0, 0.1) is 0 Å². The molecule has 1 aromatic carbocycles. The van der Waals surface area contributed by atoms with Crippen LogP contribution in [0.4, 0.5) is 0 Å². The normalized spacial score (nSPS) is 11.7. The Morgan fingerprint density at radius 1 is 1.28 bits per heavy atom. The molecule has 0 fully saturated rings. The molecule has 1 aromatic rings. The van der Waals surface area contributed by atoms with Crippen molar-refractivity contribution in [1.29, 1.82) is 0 Å². The lowest BCUT2D eigenvalue weighted by atomic mass is 10.1. The molecule has 1 rings (SSSR count). The first kappa shape index (κ1) is 13.9. The van der Waals surface area contributed by atoms with Gasteiger partial charge in [-0.25, -0.2) is 9.59 Å². The van der Waals surface area contributed by atoms with Crippen LogP contribution in [0.3, 0.4) is 0 Å². The predicted molar refractivity (Wildman–Crippen MR) is 61.6 cm³/mol. The van der Waals surface area contributed by atoms with Crippen LogP contribution in [-0.2, 0) is 25.5 Å². The summed E-state index contributed by atoms with van der Waals surface area (Å²) in [6, 6.07) is 5.05. The standard InChI is InChI=1S/C12H13NO5/c1-7(14)11(16)18-12(17)10(13)6-8-2-4-9(15)5-3-8/h2-5,10,15H,6,13H2,1H3/t10-/m0/s1. The fourth-order valence-corrected chi connectivity index (χ4v) is 1.21. The molecule has 96 valence electrons. The summed E-state index contributed by atoms with van der Waals surface area (Å²) in [6.07, 6.45) is 0.143. The van der Waals surface area contributed by atoms with Crippen LogP contribution >= 0.6 is 0 Å². The Kier molecular flexibility index (Phi) is 4.56. The number of phenolic OH excluding ortho intramolecular Hbond substituents is 1. The molecule has 0 saturated carbocycles. The van der Waals surface area contributed by atoms with Crippen molar-refractivity contribution >= 4 is 17.7 Å². The van der Waals surface area contributed by atoms with Crippen molar-refractivity contribution in [2.75, 3.05) is 0 Å². The Morgan fingerprint density at radius 2 is 1.83 bits per heavy atom. The third-order valence-corrected chi connectivity index (χ3v) is 2.18. The fraction of sp³-hybridized carbons (Fsp3) is 0.250. The highest BCUT2D eigenvalue weighted by Crippen LogP contribution is 2.11. The summed E-state index contributed by atoms with van der Waals surface area (Å²) in [7, 11) is 0. The molecular formula is C12H13NO5. The van der Waals surface area contributed by atoms with Crippen LogP contribution in [-0.4, -0.2) is 28.9 Å². The van der Waals surface area contributed by atoms with Gasteiger partial charge in [0.25, 0.3) is 0 Å². The van der Waals surface area contributed by atoms with E-state index in [0.717, 1.165) is 6.92 Å². The van der Waals surface area contributed by atoms with Crippen LogP contribution < -0.4 is 5.73 Å². The summed E-state index contributed by atoms with van der Waals surface area (Å²) in [5.41, 5.74) is 6.24. The third-order valence-electron chi connectivity index (χ3n) is 2.18. The summed E-state index contributed by atoms with van der Waals surface area (Å²) >= 11 is 0. The topological polar surface area (TPSA) is 107 Å².